The fourth-order valence-corrected chi connectivity index (χ4v) is 2.54. The lowest BCUT2D eigenvalue weighted by Gasteiger charge is -2.11. The van der Waals surface area contributed by atoms with Gasteiger partial charge in [-0.2, -0.15) is 0 Å². The number of carbonyl (C=O) groups excluding carboxylic acids is 1. The normalized spacial score (nSPS) is 10.4. The van der Waals surface area contributed by atoms with Gasteiger partial charge in [-0.3, -0.25) is 14.9 Å². The maximum Gasteiger partial charge on any atom is 0.271 e. The Morgan fingerprint density at radius 1 is 1.04 bits per heavy atom. The lowest BCUT2D eigenvalue weighted by Crippen LogP contribution is -2.12. The number of hydrogen-bond donors (Lipinski definition) is 1. The third kappa shape index (κ3) is 2.89. The number of nitrogens with one attached hydrogen (secondary N) is 1. The van der Waals surface area contributed by atoms with E-state index in [1.165, 1.54) is 18.2 Å². The van der Waals surface area contributed by atoms with E-state index in [0.717, 1.165) is 10.8 Å². The highest BCUT2D eigenvalue weighted by Crippen LogP contribution is 2.29. The van der Waals surface area contributed by atoms with Crippen molar-refractivity contribution >= 4 is 28.1 Å². The summed E-state index contributed by atoms with van der Waals surface area (Å²) in [6, 6.07) is 16.6. The number of benzene rings is 3. The summed E-state index contributed by atoms with van der Waals surface area (Å²) in [5.74, 6) is 0.340. The predicted octanol–water partition coefficient (Wildman–Crippen LogP) is 4.01. The molecule has 1 amide bonds. The van der Waals surface area contributed by atoms with Crippen molar-refractivity contribution < 1.29 is 14.5 Å². The van der Waals surface area contributed by atoms with E-state index in [2.05, 4.69) is 5.32 Å². The second-order valence-electron chi connectivity index (χ2n) is 5.12. The number of ether oxygens (including phenoxy) is 1. The summed E-state index contributed by atoms with van der Waals surface area (Å²) in [6.07, 6.45) is 0. The molecule has 0 saturated carbocycles. The second-order valence-corrected chi connectivity index (χ2v) is 5.12. The fourth-order valence-electron chi connectivity index (χ4n) is 2.54. The molecule has 0 atom stereocenters. The van der Waals surface area contributed by atoms with Crippen LogP contribution in [0.5, 0.6) is 5.75 Å². The number of methoxy groups -OCH3 is 1. The van der Waals surface area contributed by atoms with E-state index < -0.39 is 4.92 Å². The number of amides is 1. The summed E-state index contributed by atoms with van der Waals surface area (Å²) in [5.41, 5.74) is 0.763. The SMILES string of the molecule is COc1ccc(C(=O)Nc2cccc([N+](=O)[O-])c2)c2ccccc12. The van der Waals surface area contributed by atoms with E-state index in [1.807, 2.05) is 24.3 Å². The average Bonchev–Trinajstić information content (AvgIpc) is 2.60. The van der Waals surface area contributed by atoms with Crippen molar-refractivity contribution in [2.24, 2.45) is 0 Å². The van der Waals surface area contributed by atoms with Crippen LogP contribution in [0, 0.1) is 10.1 Å². The Kier molecular flexibility index (Phi) is 4.11. The lowest BCUT2D eigenvalue weighted by atomic mass is 10.0. The quantitative estimate of drug-likeness (QED) is 0.581. The molecule has 24 heavy (non-hydrogen) atoms. The molecule has 6 heteroatoms. The van der Waals surface area contributed by atoms with E-state index in [4.69, 9.17) is 4.74 Å². The van der Waals surface area contributed by atoms with Gasteiger partial charge in [0.25, 0.3) is 11.6 Å². The summed E-state index contributed by atoms with van der Waals surface area (Å²) in [6.45, 7) is 0. The summed E-state index contributed by atoms with van der Waals surface area (Å²) >= 11 is 0. The summed E-state index contributed by atoms with van der Waals surface area (Å²) in [7, 11) is 1.57. The van der Waals surface area contributed by atoms with Crippen LogP contribution in [0.2, 0.25) is 0 Å². The molecular formula is C18H14N2O4. The van der Waals surface area contributed by atoms with Gasteiger partial charge in [0.05, 0.1) is 12.0 Å². The molecule has 0 aliphatic rings. The first-order chi connectivity index (χ1) is 11.6. The van der Waals surface area contributed by atoms with E-state index in [9.17, 15) is 14.9 Å². The summed E-state index contributed by atoms with van der Waals surface area (Å²) < 4.78 is 5.32. The number of nitro groups is 1. The molecule has 3 rings (SSSR count). The number of hydrogen-bond acceptors (Lipinski definition) is 4. The largest absolute Gasteiger partial charge is 0.496 e. The highest BCUT2D eigenvalue weighted by molar-refractivity contribution is 6.14. The fraction of sp³-hybridized carbons (Fsp3) is 0.0556. The molecule has 0 aliphatic heterocycles. The van der Waals surface area contributed by atoms with Crippen LogP contribution in [0.15, 0.2) is 60.7 Å². The Hall–Kier alpha value is -3.41. The van der Waals surface area contributed by atoms with Crippen LogP contribution in [0.4, 0.5) is 11.4 Å². The summed E-state index contributed by atoms with van der Waals surface area (Å²) in [5, 5.41) is 15.1. The monoisotopic (exact) mass is 322 g/mol. The van der Waals surface area contributed by atoms with Gasteiger partial charge in [-0.25, -0.2) is 0 Å². The van der Waals surface area contributed by atoms with Crippen molar-refractivity contribution in [2.45, 2.75) is 0 Å². The number of rotatable bonds is 4. The zero-order valence-corrected chi connectivity index (χ0v) is 12.9. The third-order valence-corrected chi connectivity index (χ3v) is 3.66. The molecule has 0 fully saturated rings. The van der Waals surface area contributed by atoms with Crippen LogP contribution in [0.25, 0.3) is 10.8 Å². The third-order valence-electron chi connectivity index (χ3n) is 3.66. The lowest BCUT2D eigenvalue weighted by molar-refractivity contribution is -0.384. The molecule has 0 aromatic heterocycles. The standard InChI is InChI=1S/C18H14N2O4/c1-24-17-10-9-16(14-7-2-3-8-15(14)17)18(21)19-12-5-4-6-13(11-12)20(22)23/h2-11H,1H3,(H,19,21). The van der Waals surface area contributed by atoms with Gasteiger partial charge >= 0.3 is 0 Å². The average molecular weight is 322 g/mol. The first-order valence-electron chi connectivity index (χ1n) is 7.21. The molecule has 0 radical (unpaired) electrons. The zero-order chi connectivity index (χ0) is 17.1. The van der Waals surface area contributed by atoms with Gasteiger partial charge in [-0.1, -0.05) is 30.3 Å². The Balaban J connectivity index is 1.98. The summed E-state index contributed by atoms with van der Waals surface area (Å²) in [4.78, 5) is 22.9. The first kappa shape index (κ1) is 15.5. The second kappa shape index (κ2) is 6.37. The maximum absolute atomic E-state index is 12.6. The van der Waals surface area contributed by atoms with Crippen LogP contribution >= 0.6 is 0 Å². The number of non-ortho nitro benzene ring substituents is 1. The molecular weight excluding hydrogens is 308 g/mol. The van der Waals surface area contributed by atoms with E-state index in [-0.39, 0.29) is 11.6 Å². The zero-order valence-electron chi connectivity index (χ0n) is 12.9. The molecule has 1 N–H and O–H groups in total. The molecule has 0 saturated heterocycles. The van der Waals surface area contributed by atoms with Crippen molar-refractivity contribution in [3.05, 3.63) is 76.3 Å². The molecule has 0 bridgehead atoms. The minimum Gasteiger partial charge on any atom is -0.496 e. The van der Waals surface area contributed by atoms with Crippen LogP contribution in [-0.2, 0) is 0 Å². The van der Waals surface area contributed by atoms with E-state index in [1.54, 1.807) is 25.3 Å². The van der Waals surface area contributed by atoms with Crippen molar-refractivity contribution in [3.8, 4) is 5.75 Å². The van der Waals surface area contributed by atoms with Gasteiger partial charge in [-0.15, -0.1) is 0 Å². The molecule has 3 aromatic rings. The Bertz CT molecular complexity index is 937. The van der Waals surface area contributed by atoms with Gasteiger partial charge in [0.1, 0.15) is 5.75 Å². The van der Waals surface area contributed by atoms with E-state index >= 15 is 0 Å². The number of anilines is 1. The van der Waals surface area contributed by atoms with E-state index in [0.29, 0.717) is 17.0 Å². The number of nitrogens with zero attached hydrogens (tertiary/aromatic N) is 1. The van der Waals surface area contributed by atoms with Gasteiger partial charge < -0.3 is 10.1 Å². The van der Waals surface area contributed by atoms with Crippen LogP contribution < -0.4 is 10.1 Å². The predicted molar refractivity (Wildman–Crippen MR) is 91.5 cm³/mol. The van der Waals surface area contributed by atoms with Crippen molar-refractivity contribution in [2.75, 3.05) is 12.4 Å². The molecule has 0 aliphatic carbocycles. The van der Waals surface area contributed by atoms with Gasteiger partial charge in [0.15, 0.2) is 0 Å². The Labute approximate surface area is 137 Å². The van der Waals surface area contributed by atoms with Crippen molar-refractivity contribution in [3.63, 3.8) is 0 Å². The number of carbonyl (C=O) groups is 1. The number of nitro benzene ring substituents is 1. The minimum atomic E-state index is -0.502. The van der Waals surface area contributed by atoms with Crippen LogP contribution in [0.3, 0.4) is 0 Å². The van der Waals surface area contributed by atoms with Crippen molar-refractivity contribution in [1.82, 2.24) is 0 Å². The Morgan fingerprint density at radius 3 is 2.50 bits per heavy atom. The molecule has 0 unspecified atom stereocenters. The van der Waals surface area contributed by atoms with Crippen LogP contribution in [0.1, 0.15) is 10.4 Å². The first-order valence-corrected chi connectivity index (χ1v) is 7.21. The number of fused-ring (bicyclic) bond motifs is 1. The molecule has 0 spiro atoms. The minimum absolute atomic E-state index is 0.0765. The Morgan fingerprint density at radius 2 is 1.79 bits per heavy atom. The topological polar surface area (TPSA) is 81.5 Å². The van der Waals surface area contributed by atoms with Gasteiger partial charge in [0.2, 0.25) is 0 Å². The smallest absolute Gasteiger partial charge is 0.271 e. The molecule has 0 heterocycles. The van der Waals surface area contributed by atoms with Gasteiger partial charge in [0, 0.05) is 28.8 Å². The molecule has 120 valence electrons. The maximum atomic E-state index is 12.6. The van der Waals surface area contributed by atoms with Crippen molar-refractivity contribution in [1.29, 1.82) is 0 Å². The molecule has 6 nitrogen and oxygen atoms in total. The highest BCUT2D eigenvalue weighted by atomic mass is 16.6. The van der Waals surface area contributed by atoms with Gasteiger partial charge in [-0.05, 0) is 23.6 Å². The highest BCUT2D eigenvalue weighted by Gasteiger charge is 2.14. The van der Waals surface area contributed by atoms with Crippen LogP contribution in [-0.4, -0.2) is 17.9 Å². The molecule has 3 aromatic carbocycles.